The molecule has 1 saturated heterocycles. The molecule has 0 aliphatic carbocycles. The van der Waals surface area contributed by atoms with Gasteiger partial charge in [0.05, 0.1) is 25.1 Å². The number of rotatable bonds is 1. The number of nitrogens with two attached hydrogens (primary N) is 1. The lowest BCUT2D eigenvalue weighted by Gasteiger charge is -2.38. The van der Waals surface area contributed by atoms with Gasteiger partial charge in [-0.2, -0.15) is 5.10 Å². The van der Waals surface area contributed by atoms with Crippen molar-refractivity contribution < 1.29 is 4.74 Å². The van der Waals surface area contributed by atoms with Crippen molar-refractivity contribution >= 4 is 0 Å². The second-order valence-electron chi connectivity index (χ2n) is 4.78. The Labute approximate surface area is 94.9 Å². The largest absolute Gasteiger partial charge is 0.378 e. The van der Waals surface area contributed by atoms with Crippen LogP contribution in [0.3, 0.4) is 0 Å². The lowest BCUT2D eigenvalue weighted by molar-refractivity contribution is 0.00181. The van der Waals surface area contributed by atoms with Crippen LogP contribution in [-0.2, 0) is 17.7 Å². The van der Waals surface area contributed by atoms with E-state index in [2.05, 4.69) is 15.1 Å². The molecule has 2 aliphatic heterocycles. The summed E-state index contributed by atoms with van der Waals surface area (Å²) in [6.07, 6.45) is 4.07. The lowest BCUT2D eigenvalue weighted by Crippen LogP contribution is -2.49. The summed E-state index contributed by atoms with van der Waals surface area (Å²) in [5.41, 5.74) is 8.55. The van der Waals surface area contributed by atoms with Gasteiger partial charge in [0.25, 0.3) is 0 Å². The highest BCUT2D eigenvalue weighted by Crippen LogP contribution is 2.21. The first kappa shape index (κ1) is 10.3. The Morgan fingerprint density at radius 2 is 2.44 bits per heavy atom. The third-order valence-corrected chi connectivity index (χ3v) is 3.57. The number of H-pyrrole nitrogens is 1. The van der Waals surface area contributed by atoms with Crippen LogP contribution >= 0.6 is 0 Å². The monoisotopic (exact) mass is 222 g/mol. The van der Waals surface area contributed by atoms with Gasteiger partial charge >= 0.3 is 0 Å². The highest BCUT2D eigenvalue weighted by Gasteiger charge is 2.28. The van der Waals surface area contributed by atoms with E-state index in [0.717, 1.165) is 32.5 Å². The topological polar surface area (TPSA) is 67.2 Å². The van der Waals surface area contributed by atoms with Crippen LogP contribution in [0, 0.1) is 0 Å². The van der Waals surface area contributed by atoms with Crippen molar-refractivity contribution in [3.8, 4) is 0 Å². The minimum absolute atomic E-state index is 0.196. The van der Waals surface area contributed by atoms with Crippen LogP contribution < -0.4 is 5.73 Å². The SMILES string of the molecule is N[C@@H]1COCC(N2CCc3cn[nH]c3C2)C1. The van der Waals surface area contributed by atoms with E-state index >= 15 is 0 Å². The smallest absolute Gasteiger partial charge is 0.0623 e. The van der Waals surface area contributed by atoms with Gasteiger partial charge in [-0.3, -0.25) is 10.00 Å². The van der Waals surface area contributed by atoms with Crippen molar-refractivity contribution in [2.24, 2.45) is 5.73 Å². The predicted molar refractivity (Wildman–Crippen MR) is 59.9 cm³/mol. The van der Waals surface area contributed by atoms with E-state index in [4.69, 9.17) is 10.5 Å². The zero-order valence-electron chi connectivity index (χ0n) is 9.35. The van der Waals surface area contributed by atoms with Gasteiger partial charge in [-0.1, -0.05) is 0 Å². The maximum Gasteiger partial charge on any atom is 0.0623 e. The molecule has 1 fully saturated rings. The molecule has 0 bridgehead atoms. The molecule has 0 amide bonds. The standard InChI is InChI=1S/C11H18N4O/c12-9-3-10(7-16-6-9)15-2-1-8-4-13-14-11(8)5-15/h4,9-10H,1-3,5-7,12H2,(H,13,14)/t9-,10?/m0/s1. The number of hydrogen-bond donors (Lipinski definition) is 2. The Balaban J connectivity index is 1.68. The van der Waals surface area contributed by atoms with Crippen LogP contribution in [0.15, 0.2) is 6.20 Å². The average molecular weight is 222 g/mol. The van der Waals surface area contributed by atoms with Gasteiger partial charge in [0, 0.05) is 25.2 Å². The number of nitrogens with one attached hydrogen (secondary N) is 1. The Kier molecular flexibility index (Phi) is 2.67. The molecule has 2 aliphatic rings. The molecular weight excluding hydrogens is 204 g/mol. The summed E-state index contributed by atoms with van der Waals surface area (Å²) in [5.74, 6) is 0. The number of aromatic amines is 1. The maximum absolute atomic E-state index is 5.93. The number of fused-ring (bicyclic) bond motifs is 1. The molecule has 0 spiro atoms. The molecular formula is C11H18N4O. The second kappa shape index (κ2) is 4.16. The number of aromatic nitrogens is 2. The van der Waals surface area contributed by atoms with Crippen molar-refractivity contribution in [1.82, 2.24) is 15.1 Å². The first-order chi connectivity index (χ1) is 7.83. The first-order valence-electron chi connectivity index (χ1n) is 5.91. The van der Waals surface area contributed by atoms with Crippen molar-refractivity contribution in [2.45, 2.75) is 31.5 Å². The van der Waals surface area contributed by atoms with E-state index in [9.17, 15) is 0 Å². The molecule has 1 aromatic heterocycles. The van der Waals surface area contributed by atoms with Crippen LogP contribution in [0.25, 0.3) is 0 Å². The normalized spacial score (nSPS) is 31.3. The van der Waals surface area contributed by atoms with Gasteiger partial charge in [0.15, 0.2) is 0 Å². The van der Waals surface area contributed by atoms with E-state index in [1.165, 1.54) is 11.3 Å². The summed E-state index contributed by atoms with van der Waals surface area (Å²) in [7, 11) is 0. The molecule has 0 aromatic carbocycles. The minimum Gasteiger partial charge on any atom is -0.378 e. The quantitative estimate of drug-likeness (QED) is 0.695. The molecule has 5 nitrogen and oxygen atoms in total. The Bertz CT molecular complexity index is 365. The average Bonchev–Trinajstić information content (AvgIpc) is 2.75. The third kappa shape index (κ3) is 1.86. The molecule has 1 aromatic rings. The minimum atomic E-state index is 0.196. The summed E-state index contributed by atoms with van der Waals surface area (Å²) in [6, 6.07) is 0.669. The summed E-state index contributed by atoms with van der Waals surface area (Å²) in [5, 5.41) is 7.16. The highest BCUT2D eigenvalue weighted by molar-refractivity contribution is 5.19. The van der Waals surface area contributed by atoms with Gasteiger partial charge in [0.1, 0.15) is 0 Å². The Hall–Kier alpha value is -0.910. The molecule has 2 atom stereocenters. The van der Waals surface area contributed by atoms with E-state index in [1.807, 2.05) is 6.20 Å². The van der Waals surface area contributed by atoms with Gasteiger partial charge < -0.3 is 10.5 Å². The van der Waals surface area contributed by atoms with Gasteiger partial charge in [0.2, 0.25) is 0 Å². The molecule has 16 heavy (non-hydrogen) atoms. The fraction of sp³-hybridized carbons (Fsp3) is 0.727. The fourth-order valence-electron chi connectivity index (χ4n) is 2.64. The molecule has 3 rings (SSSR count). The number of ether oxygens (including phenoxy) is 1. The molecule has 5 heteroatoms. The van der Waals surface area contributed by atoms with Gasteiger partial charge in [-0.15, -0.1) is 0 Å². The summed E-state index contributed by atoms with van der Waals surface area (Å²) in [6.45, 7) is 3.57. The van der Waals surface area contributed by atoms with Crippen molar-refractivity contribution in [1.29, 1.82) is 0 Å². The summed E-state index contributed by atoms with van der Waals surface area (Å²) < 4.78 is 5.52. The van der Waals surface area contributed by atoms with Crippen LogP contribution in [-0.4, -0.2) is 46.9 Å². The molecule has 3 N–H and O–H groups in total. The molecule has 3 heterocycles. The fourth-order valence-corrected chi connectivity index (χ4v) is 2.64. The first-order valence-corrected chi connectivity index (χ1v) is 5.91. The number of hydrogen-bond acceptors (Lipinski definition) is 4. The van der Waals surface area contributed by atoms with Gasteiger partial charge in [-0.25, -0.2) is 0 Å². The third-order valence-electron chi connectivity index (χ3n) is 3.57. The Morgan fingerprint density at radius 1 is 1.50 bits per heavy atom. The highest BCUT2D eigenvalue weighted by atomic mass is 16.5. The summed E-state index contributed by atoms with van der Waals surface area (Å²) >= 11 is 0. The van der Waals surface area contributed by atoms with Crippen molar-refractivity contribution in [2.75, 3.05) is 19.8 Å². The molecule has 0 radical (unpaired) electrons. The van der Waals surface area contributed by atoms with Crippen LogP contribution in [0.5, 0.6) is 0 Å². The Morgan fingerprint density at radius 3 is 3.31 bits per heavy atom. The molecule has 0 saturated carbocycles. The molecule has 88 valence electrons. The summed E-state index contributed by atoms with van der Waals surface area (Å²) in [4.78, 5) is 2.46. The van der Waals surface area contributed by atoms with Gasteiger partial charge in [-0.05, 0) is 18.4 Å². The van der Waals surface area contributed by atoms with Crippen LogP contribution in [0.1, 0.15) is 17.7 Å². The van der Waals surface area contributed by atoms with E-state index in [1.54, 1.807) is 0 Å². The van der Waals surface area contributed by atoms with Crippen molar-refractivity contribution in [3.05, 3.63) is 17.5 Å². The van der Waals surface area contributed by atoms with Crippen LogP contribution in [0.2, 0.25) is 0 Å². The second-order valence-corrected chi connectivity index (χ2v) is 4.78. The van der Waals surface area contributed by atoms with E-state index in [0.29, 0.717) is 12.6 Å². The molecule has 1 unspecified atom stereocenters. The zero-order valence-corrected chi connectivity index (χ0v) is 9.35. The number of nitrogens with zero attached hydrogens (tertiary/aromatic N) is 2. The maximum atomic E-state index is 5.93. The van der Waals surface area contributed by atoms with E-state index in [-0.39, 0.29) is 6.04 Å². The predicted octanol–water partition coefficient (Wildman–Crippen LogP) is -0.116. The van der Waals surface area contributed by atoms with Crippen LogP contribution in [0.4, 0.5) is 0 Å². The van der Waals surface area contributed by atoms with Crippen molar-refractivity contribution in [3.63, 3.8) is 0 Å². The zero-order chi connectivity index (χ0) is 11.0. The van der Waals surface area contributed by atoms with E-state index < -0.39 is 0 Å². The lowest BCUT2D eigenvalue weighted by atomic mass is 10.0.